The van der Waals surface area contributed by atoms with Crippen LogP contribution in [-0.2, 0) is 0 Å². The van der Waals surface area contributed by atoms with E-state index < -0.39 is 5.97 Å². The Morgan fingerprint density at radius 2 is 1.64 bits per heavy atom. The minimum atomic E-state index is -0.479. The molecular weight excluding hydrogens is 282 g/mol. The number of hydrogen-bond donors (Lipinski definition) is 1. The molecule has 0 fully saturated rings. The van der Waals surface area contributed by atoms with Crippen LogP contribution < -0.4 is 9.96 Å². The number of ether oxygens (including phenoxy) is 1. The third-order valence-electron chi connectivity index (χ3n) is 3.28. The molecule has 0 spiro atoms. The molecule has 110 valence electrons. The quantitative estimate of drug-likeness (QED) is 0.452. The van der Waals surface area contributed by atoms with Gasteiger partial charge in [0.15, 0.2) is 0 Å². The highest BCUT2D eigenvalue weighted by molar-refractivity contribution is 6.05. The Morgan fingerprint density at radius 1 is 0.955 bits per heavy atom. The van der Waals surface area contributed by atoms with Crippen LogP contribution in [0.15, 0.2) is 66.7 Å². The topological polar surface area (TPSA) is 72.8 Å². The summed E-state index contributed by atoms with van der Waals surface area (Å²) in [5.41, 5.74) is 0.528. The van der Waals surface area contributed by atoms with Crippen molar-refractivity contribution in [3.05, 3.63) is 77.5 Å². The summed E-state index contributed by atoms with van der Waals surface area (Å²) in [6, 6.07) is 18.6. The number of carbonyl (C=O) groups excluding carboxylic acids is 1. The van der Waals surface area contributed by atoms with E-state index in [0.717, 1.165) is 10.8 Å². The van der Waals surface area contributed by atoms with Gasteiger partial charge in [-0.1, -0.05) is 36.4 Å². The van der Waals surface area contributed by atoms with Crippen molar-refractivity contribution in [2.24, 2.45) is 0 Å². The van der Waals surface area contributed by atoms with Crippen molar-refractivity contribution in [2.45, 2.75) is 0 Å². The molecule has 0 aromatic heterocycles. The first-order valence-electron chi connectivity index (χ1n) is 6.61. The van der Waals surface area contributed by atoms with Crippen LogP contribution >= 0.6 is 0 Å². The predicted molar refractivity (Wildman–Crippen MR) is 83.0 cm³/mol. The first kappa shape index (κ1) is 14.1. The van der Waals surface area contributed by atoms with Crippen LogP contribution in [0.2, 0.25) is 0 Å². The molecule has 0 saturated carbocycles. The molecule has 0 unspecified atom stereocenters. The average Bonchev–Trinajstić information content (AvgIpc) is 2.54. The van der Waals surface area contributed by atoms with Crippen molar-refractivity contribution >= 4 is 22.4 Å². The van der Waals surface area contributed by atoms with Crippen molar-refractivity contribution in [1.29, 1.82) is 0 Å². The largest absolute Gasteiger partial charge is 0.733 e. The molecule has 0 radical (unpaired) electrons. The molecule has 3 aromatic carbocycles. The van der Waals surface area contributed by atoms with Crippen LogP contribution in [0.4, 0.5) is 5.69 Å². The summed E-state index contributed by atoms with van der Waals surface area (Å²) in [6.45, 7) is 0. The second kappa shape index (κ2) is 5.85. The summed E-state index contributed by atoms with van der Waals surface area (Å²) in [7, 11) is 0. The molecule has 0 saturated heterocycles. The lowest BCUT2D eigenvalue weighted by molar-refractivity contribution is 0.0737. The summed E-state index contributed by atoms with van der Waals surface area (Å²) in [5.74, 6) is -0.184. The normalized spacial score (nSPS) is 10.5. The molecule has 22 heavy (non-hydrogen) atoms. The first-order chi connectivity index (χ1) is 10.6. The molecule has 0 bridgehead atoms. The highest BCUT2D eigenvalue weighted by Crippen LogP contribution is 2.22. The number of carbonyl (C=O) groups is 1. The highest BCUT2D eigenvalue weighted by atomic mass is 16.8. The van der Waals surface area contributed by atoms with Gasteiger partial charge in [0, 0.05) is 0 Å². The molecule has 5 nitrogen and oxygen atoms in total. The van der Waals surface area contributed by atoms with E-state index in [2.05, 4.69) is 0 Å². The van der Waals surface area contributed by atoms with E-state index in [1.807, 2.05) is 30.3 Å². The Morgan fingerprint density at radius 3 is 2.36 bits per heavy atom. The predicted octanol–water partition coefficient (Wildman–Crippen LogP) is 3.75. The summed E-state index contributed by atoms with van der Waals surface area (Å²) in [6.07, 6.45) is 0. The number of benzene rings is 3. The third-order valence-corrected chi connectivity index (χ3v) is 3.28. The van der Waals surface area contributed by atoms with Gasteiger partial charge in [-0.15, -0.1) is 0 Å². The summed E-state index contributed by atoms with van der Waals surface area (Å²) in [5, 5.41) is 21.0. The van der Waals surface area contributed by atoms with Crippen molar-refractivity contribution in [3.63, 3.8) is 0 Å². The number of anilines is 1. The standard InChI is InChI=1S/C17H12NO4/c19-17(22-14-10-8-13(9-11-14)18(20)21)16-7-3-5-12-4-1-2-6-15(12)16/h1-11,20H/q-1. The van der Waals surface area contributed by atoms with Crippen LogP contribution in [0.25, 0.3) is 10.8 Å². The first-order valence-corrected chi connectivity index (χ1v) is 6.61. The van der Waals surface area contributed by atoms with E-state index in [1.165, 1.54) is 24.3 Å². The lowest BCUT2D eigenvalue weighted by Gasteiger charge is -2.21. The lowest BCUT2D eigenvalue weighted by Crippen LogP contribution is -2.10. The Kier molecular flexibility index (Phi) is 3.74. The molecule has 0 aliphatic carbocycles. The molecular formula is C17H12NO4-. The zero-order valence-corrected chi connectivity index (χ0v) is 11.5. The fourth-order valence-corrected chi connectivity index (χ4v) is 2.21. The zero-order valence-electron chi connectivity index (χ0n) is 11.5. The molecule has 3 rings (SSSR count). The van der Waals surface area contributed by atoms with Gasteiger partial charge < -0.3 is 15.2 Å². The van der Waals surface area contributed by atoms with Gasteiger partial charge in [-0.3, -0.25) is 5.21 Å². The monoisotopic (exact) mass is 294 g/mol. The SMILES string of the molecule is O=C(Oc1ccc(N([O-])O)cc1)c1cccc2ccccc12. The van der Waals surface area contributed by atoms with Crippen LogP contribution in [0.3, 0.4) is 0 Å². The lowest BCUT2D eigenvalue weighted by atomic mass is 10.0. The zero-order chi connectivity index (χ0) is 15.5. The second-order valence-electron chi connectivity index (χ2n) is 4.68. The van der Waals surface area contributed by atoms with Gasteiger partial charge in [0.25, 0.3) is 0 Å². The van der Waals surface area contributed by atoms with Crippen molar-refractivity contribution in [2.75, 3.05) is 5.23 Å². The maximum Gasteiger partial charge on any atom is 0.344 e. The number of fused-ring (bicyclic) bond motifs is 1. The van der Waals surface area contributed by atoms with E-state index in [0.29, 0.717) is 11.3 Å². The van der Waals surface area contributed by atoms with Crippen LogP contribution in [0, 0.1) is 5.21 Å². The van der Waals surface area contributed by atoms with Crippen molar-refractivity contribution < 1.29 is 14.7 Å². The van der Waals surface area contributed by atoms with Gasteiger partial charge in [-0.05, 0) is 41.1 Å². The molecule has 0 aliphatic rings. The van der Waals surface area contributed by atoms with Crippen molar-refractivity contribution in [1.82, 2.24) is 0 Å². The maximum absolute atomic E-state index is 12.3. The van der Waals surface area contributed by atoms with Gasteiger partial charge in [0.2, 0.25) is 0 Å². The summed E-state index contributed by atoms with van der Waals surface area (Å²) >= 11 is 0. The molecule has 0 amide bonds. The molecule has 3 aromatic rings. The third kappa shape index (κ3) is 2.76. The minimum Gasteiger partial charge on any atom is -0.733 e. The number of esters is 1. The number of rotatable bonds is 3. The summed E-state index contributed by atoms with van der Waals surface area (Å²) < 4.78 is 5.30. The van der Waals surface area contributed by atoms with E-state index in [1.54, 1.807) is 12.1 Å². The molecule has 0 heterocycles. The average molecular weight is 294 g/mol. The van der Waals surface area contributed by atoms with Gasteiger partial charge in [-0.25, -0.2) is 4.79 Å². The van der Waals surface area contributed by atoms with Gasteiger partial charge in [0.05, 0.1) is 11.3 Å². The summed E-state index contributed by atoms with van der Waals surface area (Å²) in [4.78, 5) is 12.3. The van der Waals surface area contributed by atoms with E-state index in [-0.39, 0.29) is 10.9 Å². The number of nitrogens with zero attached hydrogens (tertiary/aromatic N) is 1. The Hall–Kier alpha value is -2.89. The fraction of sp³-hybridized carbons (Fsp3) is 0. The molecule has 0 atom stereocenters. The molecule has 1 N–H and O–H groups in total. The van der Waals surface area contributed by atoms with Crippen molar-refractivity contribution in [3.8, 4) is 5.75 Å². The Labute approximate surface area is 126 Å². The van der Waals surface area contributed by atoms with Gasteiger partial charge in [-0.2, -0.15) is 0 Å². The smallest absolute Gasteiger partial charge is 0.344 e. The van der Waals surface area contributed by atoms with Crippen LogP contribution in [0.5, 0.6) is 5.75 Å². The van der Waals surface area contributed by atoms with E-state index >= 15 is 0 Å². The van der Waals surface area contributed by atoms with Gasteiger partial charge in [0.1, 0.15) is 5.75 Å². The Bertz CT molecular complexity index is 807. The van der Waals surface area contributed by atoms with Crippen LogP contribution in [-0.4, -0.2) is 11.2 Å². The fourth-order valence-electron chi connectivity index (χ4n) is 2.21. The molecule has 0 aliphatic heterocycles. The Balaban J connectivity index is 1.87. The van der Waals surface area contributed by atoms with Crippen LogP contribution in [0.1, 0.15) is 10.4 Å². The molecule has 5 heteroatoms. The highest BCUT2D eigenvalue weighted by Gasteiger charge is 2.12. The van der Waals surface area contributed by atoms with Gasteiger partial charge >= 0.3 is 5.97 Å². The van der Waals surface area contributed by atoms with E-state index in [4.69, 9.17) is 9.94 Å². The number of hydrogen-bond acceptors (Lipinski definition) is 5. The maximum atomic E-state index is 12.3. The van der Waals surface area contributed by atoms with E-state index in [9.17, 15) is 10.0 Å². The minimum absolute atomic E-state index is 0.0601. The second-order valence-corrected chi connectivity index (χ2v) is 4.68.